The third kappa shape index (κ3) is 4.03. The van der Waals surface area contributed by atoms with Crippen LogP contribution in [0.4, 0.5) is 10.5 Å². The number of rotatable bonds is 4. The van der Waals surface area contributed by atoms with Crippen LogP contribution in [-0.4, -0.2) is 32.2 Å². The molecule has 0 aliphatic carbocycles. The first kappa shape index (κ1) is 20.0. The number of urea groups is 1. The largest absolute Gasteiger partial charge is 0.466 e. The van der Waals surface area contributed by atoms with E-state index in [9.17, 15) is 9.59 Å². The minimum atomic E-state index is -0.586. The van der Waals surface area contributed by atoms with Gasteiger partial charge in [0.1, 0.15) is 0 Å². The molecule has 2 aromatic rings. The molecule has 0 saturated carbocycles. The van der Waals surface area contributed by atoms with E-state index in [1.54, 1.807) is 0 Å². The minimum Gasteiger partial charge on any atom is -0.466 e. The highest BCUT2D eigenvalue weighted by molar-refractivity contribution is 6.04. The van der Waals surface area contributed by atoms with Crippen LogP contribution >= 0.6 is 0 Å². The molecule has 1 atom stereocenters. The van der Waals surface area contributed by atoms with Gasteiger partial charge in [0, 0.05) is 18.8 Å². The Morgan fingerprint density at radius 3 is 2.33 bits per heavy atom. The number of nitrogens with zero attached hydrogens (tertiary/aromatic N) is 1. The van der Waals surface area contributed by atoms with Crippen molar-refractivity contribution >= 4 is 23.4 Å². The Morgan fingerprint density at radius 2 is 1.70 bits per heavy atom. The predicted molar refractivity (Wildman–Crippen MR) is 117 cm³/mol. The van der Waals surface area contributed by atoms with Crippen molar-refractivity contribution in [2.24, 2.45) is 5.92 Å². The van der Waals surface area contributed by atoms with Gasteiger partial charge in [-0.2, -0.15) is 0 Å². The fourth-order valence-electron chi connectivity index (χ4n) is 4.12. The summed E-state index contributed by atoms with van der Waals surface area (Å²) in [5.41, 5.74) is 3.63. The van der Waals surface area contributed by atoms with Gasteiger partial charge in [-0.3, -0.25) is 0 Å². The first-order valence-electron chi connectivity index (χ1n) is 10.4. The highest BCUT2D eigenvalue weighted by Gasteiger charge is 2.34. The average Bonchev–Trinajstić information content (AvgIpc) is 2.79. The SMILES string of the molecule is COC(=O)C1=C(c2ccccc2)NC(=O)NC1c1ccc(N2CCC(C)CC2)cc1. The maximum Gasteiger partial charge on any atom is 0.338 e. The number of hydrogen-bond acceptors (Lipinski definition) is 4. The Kier molecular flexibility index (Phi) is 5.74. The van der Waals surface area contributed by atoms with Gasteiger partial charge in [-0.1, -0.05) is 49.4 Å². The quantitative estimate of drug-likeness (QED) is 0.758. The van der Waals surface area contributed by atoms with Crippen molar-refractivity contribution in [2.75, 3.05) is 25.1 Å². The molecule has 0 aromatic heterocycles. The second kappa shape index (κ2) is 8.61. The lowest BCUT2D eigenvalue weighted by Crippen LogP contribution is -2.45. The van der Waals surface area contributed by atoms with Gasteiger partial charge in [0.2, 0.25) is 0 Å². The van der Waals surface area contributed by atoms with E-state index >= 15 is 0 Å². The lowest BCUT2D eigenvalue weighted by atomic mass is 9.92. The normalized spacial score (nSPS) is 19.9. The molecule has 6 heteroatoms. The maximum atomic E-state index is 12.7. The summed E-state index contributed by atoms with van der Waals surface area (Å²) in [6.45, 7) is 4.40. The van der Waals surface area contributed by atoms with Crippen molar-refractivity contribution in [3.8, 4) is 0 Å². The van der Waals surface area contributed by atoms with Gasteiger partial charge in [-0.25, -0.2) is 9.59 Å². The second-order valence-electron chi connectivity index (χ2n) is 7.94. The van der Waals surface area contributed by atoms with Gasteiger partial charge in [0.15, 0.2) is 0 Å². The lowest BCUT2D eigenvalue weighted by Gasteiger charge is -2.33. The van der Waals surface area contributed by atoms with Gasteiger partial charge in [-0.05, 0) is 42.0 Å². The van der Waals surface area contributed by atoms with Crippen LogP contribution in [0, 0.1) is 5.92 Å². The third-order valence-corrected chi connectivity index (χ3v) is 5.91. The number of ether oxygens (including phenoxy) is 1. The smallest absolute Gasteiger partial charge is 0.338 e. The maximum absolute atomic E-state index is 12.7. The van der Waals surface area contributed by atoms with E-state index in [0.717, 1.165) is 35.8 Å². The monoisotopic (exact) mass is 405 g/mol. The van der Waals surface area contributed by atoms with Gasteiger partial charge < -0.3 is 20.3 Å². The van der Waals surface area contributed by atoms with Crippen LogP contribution in [0.1, 0.15) is 36.9 Å². The van der Waals surface area contributed by atoms with Crippen LogP contribution in [0.25, 0.3) is 5.70 Å². The van der Waals surface area contributed by atoms with E-state index in [4.69, 9.17) is 4.74 Å². The third-order valence-electron chi connectivity index (χ3n) is 5.91. The Balaban J connectivity index is 1.69. The molecule has 1 unspecified atom stereocenters. The molecule has 0 radical (unpaired) electrons. The molecule has 2 N–H and O–H groups in total. The summed E-state index contributed by atoms with van der Waals surface area (Å²) < 4.78 is 5.06. The van der Waals surface area contributed by atoms with E-state index in [2.05, 4.69) is 34.6 Å². The summed E-state index contributed by atoms with van der Waals surface area (Å²) in [6.07, 6.45) is 2.39. The summed E-state index contributed by atoms with van der Waals surface area (Å²) in [5.74, 6) is 0.301. The van der Waals surface area contributed by atoms with Crippen molar-refractivity contribution in [2.45, 2.75) is 25.8 Å². The number of carbonyl (C=O) groups excluding carboxylic acids is 2. The predicted octanol–water partition coefficient (Wildman–Crippen LogP) is 3.86. The van der Waals surface area contributed by atoms with Crippen LogP contribution in [0.2, 0.25) is 0 Å². The molecule has 0 spiro atoms. The molecule has 6 nitrogen and oxygen atoms in total. The molecule has 2 amide bonds. The molecule has 1 fully saturated rings. The number of anilines is 1. The summed E-state index contributed by atoms with van der Waals surface area (Å²) in [6, 6.07) is 16.5. The van der Waals surface area contributed by atoms with E-state index < -0.39 is 12.0 Å². The molecular weight excluding hydrogens is 378 g/mol. The topological polar surface area (TPSA) is 70.7 Å². The highest BCUT2D eigenvalue weighted by Crippen LogP contribution is 2.33. The van der Waals surface area contributed by atoms with Gasteiger partial charge in [0.05, 0.1) is 24.4 Å². The minimum absolute atomic E-state index is 0.347. The molecular formula is C24H27N3O3. The molecule has 2 aliphatic heterocycles. The number of amides is 2. The number of methoxy groups -OCH3 is 1. The standard InChI is InChI=1S/C24H27N3O3/c1-16-12-14-27(15-13-16)19-10-8-18(9-11-19)22-20(23(28)30-2)21(25-24(29)26-22)17-6-4-3-5-7-17/h3-11,16,22H,12-15H2,1-2H3,(H2,25,26,29). The Morgan fingerprint density at radius 1 is 1.03 bits per heavy atom. The van der Waals surface area contributed by atoms with Crippen molar-refractivity contribution in [1.82, 2.24) is 10.6 Å². The fourth-order valence-corrected chi connectivity index (χ4v) is 4.12. The van der Waals surface area contributed by atoms with Gasteiger partial charge in [0.25, 0.3) is 0 Å². The van der Waals surface area contributed by atoms with Crippen LogP contribution in [0.5, 0.6) is 0 Å². The van der Waals surface area contributed by atoms with Gasteiger partial charge in [-0.15, -0.1) is 0 Å². The molecule has 0 bridgehead atoms. The van der Waals surface area contributed by atoms with Crippen LogP contribution in [-0.2, 0) is 9.53 Å². The van der Waals surface area contributed by atoms with E-state index in [0.29, 0.717) is 11.3 Å². The Hall–Kier alpha value is -3.28. The first-order valence-corrected chi connectivity index (χ1v) is 10.4. The zero-order valence-electron chi connectivity index (χ0n) is 17.4. The summed E-state index contributed by atoms with van der Waals surface area (Å²) in [7, 11) is 1.35. The zero-order chi connectivity index (χ0) is 21.1. The average molecular weight is 405 g/mol. The van der Waals surface area contributed by atoms with Crippen LogP contribution < -0.4 is 15.5 Å². The number of hydrogen-bond donors (Lipinski definition) is 2. The molecule has 4 rings (SSSR count). The number of benzene rings is 2. The van der Waals surface area contributed by atoms with Crippen LogP contribution in [0.15, 0.2) is 60.2 Å². The van der Waals surface area contributed by atoms with E-state index in [1.165, 1.54) is 20.0 Å². The number of esters is 1. The molecule has 2 heterocycles. The number of carbonyl (C=O) groups is 2. The van der Waals surface area contributed by atoms with Crippen molar-refractivity contribution in [1.29, 1.82) is 0 Å². The fraction of sp³-hybridized carbons (Fsp3) is 0.333. The van der Waals surface area contributed by atoms with Crippen molar-refractivity contribution in [3.63, 3.8) is 0 Å². The highest BCUT2D eigenvalue weighted by atomic mass is 16.5. The lowest BCUT2D eigenvalue weighted by molar-refractivity contribution is -0.136. The van der Waals surface area contributed by atoms with Crippen LogP contribution in [0.3, 0.4) is 0 Å². The molecule has 30 heavy (non-hydrogen) atoms. The summed E-state index contributed by atoms with van der Waals surface area (Å²) in [4.78, 5) is 27.5. The number of nitrogens with one attached hydrogen (secondary N) is 2. The molecule has 2 aromatic carbocycles. The molecule has 156 valence electrons. The second-order valence-corrected chi connectivity index (χ2v) is 7.94. The molecule has 2 aliphatic rings. The zero-order valence-corrected chi connectivity index (χ0v) is 17.4. The van der Waals surface area contributed by atoms with Crippen molar-refractivity contribution in [3.05, 3.63) is 71.3 Å². The van der Waals surface area contributed by atoms with E-state index in [1.807, 2.05) is 42.5 Å². The summed E-state index contributed by atoms with van der Waals surface area (Å²) in [5, 5.41) is 5.67. The summed E-state index contributed by atoms with van der Waals surface area (Å²) >= 11 is 0. The first-order chi connectivity index (χ1) is 14.6. The molecule has 1 saturated heterocycles. The Labute approximate surface area is 176 Å². The van der Waals surface area contributed by atoms with Crippen molar-refractivity contribution < 1.29 is 14.3 Å². The van der Waals surface area contributed by atoms with E-state index in [-0.39, 0.29) is 6.03 Å². The number of piperidine rings is 1. The Bertz CT molecular complexity index is 945. The van der Waals surface area contributed by atoms with Gasteiger partial charge >= 0.3 is 12.0 Å².